The number of nitrogens with zero attached hydrogens (tertiary/aromatic N) is 1. The molecule has 0 unspecified atom stereocenters. The summed E-state index contributed by atoms with van der Waals surface area (Å²) in [4.78, 5) is 11.9. The lowest BCUT2D eigenvalue weighted by atomic mass is 10.0. The molecule has 8 heteroatoms. The molecule has 2 N–H and O–H groups in total. The molecule has 0 fully saturated rings. The van der Waals surface area contributed by atoms with E-state index in [2.05, 4.69) is 15.5 Å². The first-order valence-electron chi connectivity index (χ1n) is 6.49. The van der Waals surface area contributed by atoms with Crippen LogP contribution in [0.25, 0.3) is 0 Å². The van der Waals surface area contributed by atoms with Crippen molar-refractivity contribution in [3.63, 3.8) is 0 Å². The number of halogens is 4. The Morgan fingerprint density at radius 3 is 2.68 bits per heavy atom. The van der Waals surface area contributed by atoms with Gasteiger partial charge in [0.1, 0.15) is 5.82 Å². The molecule has 22 heavy (non-hydrogen) atoms. The van der Waals surface area contributed by atoms with Crippen molar-refractivity contribution in [3.05, 3.63) is 53.1 Å². The predicted octanol–water partition coefficient (Wildman–Crippen LogP) is 3.45. The number of hydrogen-bond acceptors (Lipinski definition) is 2. The summed E-state index contributed by atoms with van der Waals surface area (Å²) < 4.78 is 51.5. The van der Waals surface area contributed by atoms with Crippen LogP contribution in [-0.4, -0.2) is 16.1 Å². The Morgan fingerprint density at radius 1 is 1.41 bits per heavy atom. The highest BCUT2D eigenvalue weighted by atomic mass is 19.4. The number of H-pyrrole nitrogens is 1. The van der Waals surface area contributed by atoms with Gasteiger partial charge in [-0.1, -0.05) is 13.0 Å². The summed E-state index contributed by atoms with van der Waals surface area (Å²) in [7, 11) is 0. The average Bonchev–Trinajstić information content (AvgIpc) is 2.98. The number of carbonyl (C=O) groups is 1. The third kappa shape index (κ3) is 3.44. The van der Waals surface area contributed by atoms with Gasteiger partial charge < -0.3 is 5.32 Å². The third-order valence-corrected chi connectivity index (χ3v) is 3.17. The Morgan fingerprint density at radius 2 is 2.14 bits per heavy atom. The molecule has 1 aromatic heterocycles. The van der Waals surface area contributed by atoms with E-state index in [0.717, 1.165) is 12.1 Å². The molecule has 2 rings (SSSR count). The topological polar surface area (TPSA) is 57.8 Å². The second-order valence-electron chi connectivity index (χ2n) is 4.66. The van der Waals surface area contributed by atoms with E-state index in [-0.39, 0.29) is 11.1 Å². The molecule has 1 aromatic carbocycles. The number of benzene rings is 1. The number of amides is 1. The van der Waals surface area contributed by atoms with Crippen LogP contribution in [0.1, 0.15) is 40.9 Å². The lowest BCUT2D eigenvalue weighted by molar-refractivity contribution is -0.140. The van der Waals surface area contributed by atoms with Crippen LogP contribution in [0.15, 0.2) is 30.6 Å². The highest BCUT2D eigenvalue weighted by Crippen LogP contribution is 2.33. The van der Waals surface area contributed by atoms with Gasteiger partial charge in [-0.3, -0.25) is 9.89 Å². The summed E-state index contributed by atoms with van der Waals surface area (Å²) in [6, 6.07) is 2.04. The molecule has 4 nitrogen and oxygen atoms in total. The van der Waals surface area contributed by atoms with E-state index in [1.807, 2.05) is 0 Å². The maximum absolute atomic E-state index is 13.3. The molecule has 2 aromatic rings. The van der Waals surface area contributed by atoms with Gasteiger partial charge in [0, 0.05) is 6.20 Å². The number of rotatable bonds is 4. The molecule has 1 amide bonds. The number of aromatic amines is 1. The van der Waals surface area contributed by atoms with Crippen LogP contribution in [-0.2, 0) is 6.18 Å². The van der Waals surface area contributed by atoms with Crippen molar-refractivity contribution in [1.82, 2.24) is 15.5 Å². The van der Waals surface area contributed by atoms with Crippen LogP contribution in [0.3, 0.4) is 0 Å². The smallest absolute Gasteiger partial charge is 0.345 e. The minimum absolute atomic E-state index is 0.188. The molecule has 0 aliphatic heterocycles. The Hall–Kier alpha value is -2.38. The summed E-state index contributed by atoms with van der Waals surface area (Å²) in [6.07, 6.45) is -1.76. The van der Waals surface area contributed by atoms with Gasteiger partial charge in [-0.05, 0) is 24.1 Å². The van der Waals surface area contributed by atoms with Crippen molar-refractivity contribution in [1.29, 1.82) is 0 Å². The Balaban J connectivity index is 2.26. The average molecular weight is 315 g/mol. The van der Waals surface area contributed by atoms with E-state index in [9.17, 15) is 22.4 Å². The van der Waals surface area contributed by atoms with Crippen LogP contribution >= 0.6 is 0 Å². The molecule has 0 bridgehead atoms. The largest absolute Gasteiger partial charge is 0.419 e. The van der Waals surface area contributed by atoms with Crippen LogP contribution < -0.4 is 5.32 Å². The van der Waals surface area contributed by atoms with Gasteiger partial charge in [0.05, 0.1) is 23.4 Å². The molecular formula is C14H13F4N3O. The maximum atomic E-state index is 13.3. The lowest BCUT2D eigenvalue weighted by Crippen LogP contribution is -2.28. The van der Waals surface area contributed by atoms with Crippen molar-refractivity contribution in [2.75, 3.05) is 0 Å². The maximum Gasteiger partial charge on any atom is 0.419 e. The molecule has 0 aliphatic carbocycles. The van der Waals surface area contributed by atoms with Crippen LogP contribution in [0.5, 0.6) is 0 Å². The minimum Gasteiger partial charge on any atom is -0.345 e. The molecule has 0 aliphatic rings. The predicted molar refractivity (Wildman–Crippen MR) is 70.5 cm³/mol. The van der Waals surface area contributed by atoms with Gasteiger partial charge >= 0.3 is 6.18 Å². The fourth-order valence-corrected chi connectivity index (χ4v) is 2.01. The lowest BCUT2D eigenvalue weighted by Gasteiger charge is -2.19. The van der Waals surface area contributed by atoms with Gasteiger partial charge in [0.15, 0.2) is 0 Å². The highest BCUT2D eigenvalue weighted by molar-refractivity contribution is 5.93. The first-order chi connectivity index (χ1) is 10.3. The first-order valence-corrected chi connectivity index (χ1v) is 6.49. The molecule has 0 saturated carbocycles. The summed E-state index contributed by atoms with van der Waals surface area (Å²) in [5.74, 6) is -1.81. The second kappa shape index (κ2) is 6.17. The zero-order valence-electron chi connectivity index (χ0n) is 11.5. The molecule has 118 valence electrons. The van der Waals surface area contributed by atoms with Crippen LogP contribution in [0.4, 0.5) is 17.6 Å². The third-order valence-electron chi connectivity index (χ3n) is 3.17. The van der Waals surface area contributed by atoms with Crippen LogP contribution in [0.2, 0.25) is 0 Å². The van der Waals surface area contributed by atoms with E-state index >= 15 is 0 Å². The Bertz CT molecular complexity index is 653. The van der Waals surface area contributed by atoms with E-state index in [1.54, 1.807) is 6.92 Å². The van der Waals surface area contributed by atoms with Crippen molar-refractivity contribution in [2.45, 2.75) is 25.6 Å². The zero-order chi connectivity index (χ0) is 16.3. The molecule has 1 heterocycles. The fourth-order valence-electron chi connectivity index (χ4n) is 2.01. The molecular weight excluding hydrogens is 302 g/mol. The van der Waals surface area contributed by atoms with Gasteiger partial charge in [-0.15, -0.1) is 0 Å². The fraction of sp³-hybridized carbons (Fsp3) is 0.286. The van der Waals surface area contributed by atoms with Gasteiger partial charge in [-0.25, -0.2) is 4.39 Å². The first kappa shape index (κ1) is 16.0. The van der Waals surface area contributed by atoms with Crippen molar-refractivity contribution in [3.8, 4) is 0 Å². The molecule has 0 spiro atoms. The number of nitrogens with one attached hydrogen (secondary N) is 2. The van der Waals surface area contributed by atoms with Crippen molar-refractivity contribution in [2.24, 2.45) is 0 Å². The number of hydrogen-bond donors (Lipinski definition) is 2. The molecule has 0 saturated heterocycles. The van der Waals surface area contributed by atoms with E-state index in [1.165, 1.54) is 18.5 Å². The molecule has 0 radical (unpaired) electrons. The Labute approximate surface area is 123 Å². The standard InChI is InChI=1S/C14H13F4N3O/c1-2-12(21-13(22)9-6-19-20-7-9)8-3-4-11(15)10(5-8)14(16,17)18/h3-7,12H,2H2,1H3,(H,19,20)(H,21,22)/t12-/m0/s1. The quantitative estimate of drug-likeness (QED) is 0.849. The number of aromatic nitrogens is 2. The summed E-state index contributed by atoms with van der Waals surface area (Å²) in [5, 5.41) is 8.69. The van der Waals surface area contributed by atoms with E-state index in [4.69, 9.17) is 0 Å². The normalized spacial score (nSPS) is 13.0. The highest BCUT2D eigenvalue weighted by Gasteiger charge is 2.34. The number of alkyl halides is 3. The van der Waals surface area contributed by atoms with Crippen molar-refractivity contribution < 1.29 is 22.4 Å². The second-order valence-corrected chi connectivity index (χ2v) is 4.66. The van der Waals surface area contributed by atoms with Gasteiger partial charge in [0.2, 0.25) is 0 Å². The van der Waals surface area contributed by atoms with E-state index < -0.39 is 29.5 Å². The van der Waals surface area contributed by atoms with Crippen molar-refractivity contribution >= 4 is 5.91 Å². The monoisotopic (exact) mass is 315 g/mol. The SMILES string of the molecule is CC[C@H](NC(=O)c1cn[nH]c1)c1ccc(F)c(C(F)(F)F)c1. The van der Waals surface area contributed by atoms with E-state index in [0.29, 0.717) is 6.42 Å². The number of carbonyl (C=O) groups excluding carboxylic acids is 1. The summed E-state index contributed by atoms with van der Waals surface area (Å²) in [5.41, 5.74) is -0.898. The van der Waals surface area contributed by atoms with Gasteiger partial charge in [0.25, 0.3) is 5.91 Å². The van der Waals surface area contributed by atoms with Gasteiger partial charge in [-0.2, -0.15) is 18.3 Å². The zero-order valence-corrected chi connectivity index (χ0v) is 11.5. The molecule has 1 atom stereocenters. The minimum atomic E-state index is -4.78. The summed E-state index contributed by atoms with van der Waals surface area (Å²) in [6.45, 7) is 1.71. The summed E-state index contributed by atoms with van der Waals surface area (Å²) >= 11 is 0. The van der Waals surface area contributed by atoms with Crippen LogP contribution in [0, 0.1) is 5.82 Å². The Kier molecular flexibility index (Phi) is 4.48.